The molecule has 0 aliphatic carbocycles. The molecule has 0 atom stereocenters. The van der Waals surface area contributed by atoms with Gasteiger partial charge in [-0.2, -0.15) is 0 Å². The van der Waals surface area contributed by atoms with E-state index in [1.807, 2.05) is 24.3 Å². The van der Waals surface area contributed by atoms with Gasteiger partial charge < -0.3 is 15.3 Å². The lowest BCUT2D eigenvalue weighted by Gasteiger charge is -2.30. The summed E-state index contributed by atoms with van der Waals surface area (Å²) in [5, 5.41) is 11.7. The highest BCUT2D eigenvalue weighted by molar-refractivity contribution is 9.10. The van der Waals surface area contributed by atoms with Gasteiger partial charge in [0.1, 0.15) is 0 Å². The van der Waals surface area contributed by atoms with E-state index in [1.54, 1.807) is 4.90 Å². The summed E-state index contributed by atoms with van der Waals surface area (Å²) in [6, 6.07) is 7.18. The number of hydrogen-bond acceptors (Lipinski definition) is 2. The van der Waals surface area contributed by atoms with Gasteiger partial charge in [-0.15, -0.1) is 0 Å². The summed E-state index contributed by atoms with van der Waals surface area (Å²) in [6.07, 6.45) is 1.03. The monoisotopic (exact) mass is 326 g/mol. The molecule has 2 amide bonds. The summed E-state index contributed by atoms with van der Waals surface area (Å²) in [7, 11) is 0. The topological polar surface area (TPSA) is 69.6 Å². The van der Waals surface area contributed by atoms with Crippen LogP contribution in [0.3, 0.4) is 0 Å². The maximum Gasteiger partial charge on any atom is 0.321 e. The number of benzene rings is 1. The average molecular weight is 327 g/mol. The van der Waals surface area contributed by atoms with Gasteiger partial charge >= 0.3 is 12.0 Å². The number of rotatable bonds is 2. The second-order valence-electron chi connectivity index (χ2n) is 4.54. The van der Waals surface area contributed by atoms with Gasteiger partial charge in [0.2, 0.25) is 0 Å². The first-order chi connectivity index (χ1) is 9.06. The van der Waals surface area contributed by atoms with Crippen molar-refractivity contribution < 1.29 is 14.7 Å². The molecule has 1 aromatic carbocycles. The summed E-state index contributed by atoms with van der Waals surface area (Å²) >= 11 is 3.34. The van der Waals surface area contributed by atoms with E-state index in [-0.39, 0.29) is 11.9 Å². The van der Waals surface area contributed by atoms with Crippen LogP contribution < -0.4 is 5.32 Å². The Morgan fingerprint density at radius 1 is 1.32 bits per heavy atom. The molecule has 6 heteroatoms. The molecule has 0 radical (unpaired) electrons. The molecule has 0 bridgehead atoms. The van der Waals surface area contributed by atoms with Crippen LogP contribution in [0, 0.1) is 5.92 Å². The first-order valence-electron chi connectivity index (χ1n) is 6.10. The maximum atomic E-state index is 12.0. The van der Waals surface area contributed by atoms with Crippen molar-refractivity contribution >= 4 is 33.6 Å². The van der Waals surface area contributed by atoms with Crippen LogP contribution in [0.5, 0.6) is 0 Å². The number of likely N-dealkylation sites (tertiary alicyclic amines) is 1. The van der Waals surface area contributed by atoms with Gasteiger partial charge in [0, 0.05) is 23.2 Å². The molecule has 0 aromatic heterocycles. The normalized spacial score (nSPS) is 16.2. The Labute approximate surface area is 119 Å². The lowest BCUT2D eigenvalue weighted by atomic mass is 9.97. The number of carbonyl (C=O) groups is 2. The largest absolute Gasteiger partial charge is 0.481 e. The molecule has 0 spiro atoms. The summed E-state index contributed by atoms with van der Waals surface area (Å²) in [5.41, 5.74) is 0.722. The van der Waals surface area contributed by atoms with E-state index in [0.29, 0.717) is 25.9 Å². The molecule has 2 N–H and O–H groups in total. The number of aliphatic carboxylic acids is 1. The van der Waals surface area contributed by atoms with Crippen molar-refractivity contribution in [3.63, 3.8) is 0 Å². The number of urea groups is 1. The fraction of sp³-hybridized carbons (Fsp3) is 0.385. The second-order valence-corrected chi connectivity index (χ2v) is 5.46. The minimum Gasteiger partial charge on any atom is -0.481 e. The van der Waals surface area contributed by atoms with Crippen LogP contribution >= 0.6 is 15.9 Å². The zero-order valence-corrected chi connectivity index (χ0v) is 11.9. The number of amides is 2. The minimum atomic E-state index is -0.771. The molecule has 5 nitrogen and oxygen atoms in total. The Morgan fingerprint density at radius 3 is 2.58 bits per heavy atom. The molecule has 102 valence electrons. The highest BCUT2D eigenvalue weighted by atomic mass is 79.9. The van der Waals surface area contributed by atoms with Crippen LogP contribution in [0.1, 0.15) is 12.8 Å². The number of halogens is 1. The number of hydrogen-bond donors (Lipinski definition) is 2. The standard InChI is InChI=1S/C13H15BrN2O3/c14-10-2-1-3-11(8-10)15-13(19)16-6-4-9(5-7-16)12(17)18/h1-3,8-9H,4-7H2,(H,15,19)(H,17,18). The molecular weight excluding hydrogens is 312 g/mol. The number of nitrogens with zero attached hydrogens (tertiary/aromatic N) is 1. The van der Waals surface area contributed by atoms with Gasteiger partial charge in [0.25, 0.3) is 0 Å². The van der Waals surface area contributed by atoms with Gasteiger partial charge in [-0.1, -0.05) is 22.0 Å². The average Bonchev–Trinajstić information content (AvgIpc) is 2.39. The smallest absolute Gasteiger partial charge is 0.321 e. The summed E-state index contributed by atoms with van der Waals surface area (Å²) in [5.74, 6) is -1.10. The van der Waals surface area contributed by atoms with Crippen molar-refractivity contribution in [1.82, 2.24) is 4.90 Å². The van der Waals surface area contributed by atoms with Gasteiger partial charge in [-0.05, 0) is 31.0 Å². The molecule has 1 heterocycles. The third-order valence-corrected chi connectivity index (χ3v) is 3.70. The molecule has 19 heavy (non-hydrogen) atoms. The van der Waals surface area contributed by atoms with Crippen LogP contribution in [0.2, 0.25) is 0 Å². The van der Waals surface area contributed by atoms with Crippen molar-refractivity contribution in [1.29, 1.82) is 0 Å². The number of anilines is 1. The molecule has 1 saturated heterocycles. The Morgan fingerprint density at radius 2 is 2.00 bits per heavy atom. The summed E-state index contributed by atoms with van der Waals surface area (Å²) < 4.78 is 0.898. The third kappa shape index (κ3) is 3.70. The van der Waals surface area contributed by atoms with Gasteiger partial charge in [0.05, 0.1) is 5.92 Å². The van der Waals surface area contributed by atoms with Gasteiger partial charge in [-0.3, -0.25) is 4.79 Å². The Hall–Kier alpha value is -1.56. The quantitative estimate of drug-likeness (QED) is 0.877. The van der Waals surface area contributed by atoms with E-state index in [1.165, 1.54) is 0 Å². The van der Waals surface area contributed by atoms with E-state index >= 15 is 0 Å². The van der Waals surface area contributed by atoms with Crippen LogP contribution in [0.4, 0.5) is 10.5 Å². The van der Waals surface area contributed by atoms with E-state index < -0.39 is 5.97 Å². The fourth-order valence-corrected chi connectivity index (χ4v) is 2.50. The highest BCUT2D eigenvalue weighted by Crippen LogP contribution is 2.19. The summed E-state index contributed by atoms with van der Waals surface area (Å²) in [4.78, 5) is 24.5. The van der Waals surface area contributed by atoms with Crippen molar-refractivity contribution in [3.05, 3.63) is 28.7 Å². The zero-order valence-electron chi connectivity index (χ0n) is 10.3. The summed E-state index contributed by atoms with van der Waals surface area (Å²) in [6.45, 7) is 0.966. The van der Waals surface area contributed by atoms with Gasteiger partial charge in [0.15, 0.2) is 0 Å². The molecule has 0 saturated carbocycles. The Kier molecular flexibility index (Phi) is 4.42. The van der Waals surface area contributed by atoms with E-state index in [4.69, 9.17) is 5.11 Å². The molecule has 1 aromatic rings. The molecule has 1 fully saturated rings. The Bertz CT molecular complexity index is 485. The molecule has 1 aliphatic rings. The first kappa shape index (κ1) is 13.9. The lowest BCUT2D eigenvalue weighted by molar-refractivity contribution is -0.143. The van der Waals surface area contributed by atoms with Crippen molar-refractivity contribution in [3.8, 4) is 0 Å². The van der Waals surface area contributed by atoms with E-state index in [0.717, 1.165) is 10.2 Å². The fourth-order valence-electron chi connectivity index (χ4n) is 2.10. The van der Waals surface area contributed by atoms with Gasteiger partial charge in [-0.25, -0.2) is 4.79 Å². The molecule has 2 rings (SSSR count). The zero-order chi connectivity index (χ0) is 13.8. The van der Waals surface area contributed by atoms with Crippen molar-refractivity contribution in [2.24, 2.45) is 5.92 Å². The Balaban J connectivity index is 1.90. The second kappa shape index (κ2) is 6.06. The third-order valence-electron chi connectivity index (χ3n) is 3.21. The van der Waals surface area contributed by atoms with Crippen LogP contribution in [0.25, 0.3) is 0 Å². The highest BCUT2D eigenvalue weighted by Gasteiger charge is 2.26. The first-order valence-corrected chi connectivity index (χ1v) is 6.90. The van der Waals surface area contributed by atoms with Crippen LogP contribution in [-0.2, 0) is 4.79 Å². The van der Waals surface area contributed by atoms with Crippen molar-refractivity contribution in [2.45, 2.75) is 12.8 Å². The predicted molar refractivity (Wildman–Crippen MR) is 75.1 cm³/mol. The van der Waals surface area contributed by atoms with Crippen LogP contribution in [-0.4, -0.2) is 35.1 Å². The predicted octanol–water partition coefficient (Wildman–Crippen LogP) is 2.78. The van der Waals surface area contributed by atoms with E-state index in [9.17, 15) is 9.59 Å². The number of carbonyl (C=O) groups excluding carboxylic acids is 1. The number of carboxylic acids is 1. The minimum absolute atomic E-state index is 0.179. The van der Waals surface area contributed by atoms with Crippen molar-refractivity contribution in [2.75, 3.05) is 18.4 Å². The van der Waals surface area contributed by atoms with E-state index in [2.05, 4.69) is 21.2 Å². The van der Waals surface area contributed by atoms with Crippen LogP contribution in [0.15, 0.2) is 28.7 Å². The number of nitrogens with one attached hydrogen (secondary N) is 1. The number of piperidine rings is 1. The molecular formula is C13H15BrN2O3. The maximum absolute atomic E-state index is 12.0. The molecule has 1 aliphatic heterocycles. The SMILES string of the molecule is O=C(O)C1CCN(C(=O)Nc2cccc(Br)c2)CC1. The lowest BCUT2D eigenvalue weighted by Crippen LogP contribution is -2.42. The number of carboxylic acid groups (broad SMARTS) is 1. The molecule has 0 unspecified atom stereocenters.